The van der Waals surface area contributed by atoms with E-state index in [0.29, 0.717) is 18.8 Å². The second-order valence-electron chi connectivity index (χ2n) is 4.46. The van der Waals surface area contributed by atoms with Gasteiger partial charge in [-0.15, -0.1) is 12.4 Å². The van der Waals surface area contributed by atoms with Gasteiger partial charge in [0.15, 0.2) is 5.41 Å². The Balaban J connectivity index is 0.00000256. The second kappa shape index (κ2) is 6.84. The van der Waals surface area contributed by atoms with Gasteiger partial charge in [-0.3, -0.25) is 9.59 Å². The number of esters is 1. The minimum atomic E-state index is -1.28. The third kappa shape index (κ3) is 3.35. The highest BCUT2D eigenvalue weighted by molar-refractivity contribution is 5.99. The molecular formula is C12H21ClO4. The summed E-state index contributed by atoms with van der Waals surface area (Å²) < 4.78 is 4.90. The summed E-state index contributed by atoms with van der Waals surface area (Å²) in [5.41, 5.74) is -1.28. The van der Waals surface area contributed by atoms with Crippen LogP contribution in [0.25, 0.3) is 0 Å². The molecule has 0 radical (unpaired) electrons. The van der Waals surface area contributed by atoms with Gasteiger partial charge >= 0.3 is 11.9 Å². The molecule has 0 atom stereocenters. The van der Waals surface area contributed by atoms with Crippen LogP contribution in [0.15, 0.2) is 0 Å². The van der Waals surface area contributed by atoms with Gasteiger partial charge in [-0.05, 0) is 38.5 Å². The van der Waals surface area contributed by atoms with Gasteiger partial charge in [0.1, 0.15) is 0 Å². The van der Waals surface area contributed by atoms with Gasteiger partial charge in [0.25, 0.3) is 0 Å². The summed E-state index contributed by atoms with van der Waals surface area (Å²) in [6, 6.07) is 0. The lowest BCUT2D eigenvalue weighted by atomic mass is 9.70. The third-order valence-corrected chi connectivity index (χ3v) is 3.61. The predicted molar refractivity (Wildman–Crippen MR) is 66.2 cm³/mol. The van der Waals surface area contributed by atoms with E-state index in [1.54, 1.807) is 6.92 Å². The third-order valence-electron chi connectivity index (χ3n) is 3.61. The molecular weight excluding hydrogens is 244 g/mol. The molecule has 0 aromatic carbocycles. The highest BCUT2D eigenvalue weighted by atomic mass is 35.5. The van der Waals surface area contributed by atoms with Gasteiger partial charge in [0.05, 0.1) is 6.61 Å². The van der Waals surface area contributed by atoms with Gasteiger partial charge in [-0.2, -0.15) is 0 Å². The first-order valence-electron chi connectivity index (χ1n) is 5.97. The number of carbonyl (C=O) groups excluding carboxylic acids is 1. The number of rotatable bonds is 4. The molecule has 0 bridgehead atoms. The number of carboxylic acids is 1. The minimum Gasteiger partial charge on any atom is -0.480 e. The lowest BCUT2D eigenvalue weighted by Crippen LogP contribution is -2.43. The lowest BCUT2D eigenvalue weighted by molar-refractivity contribution is -0.172. The molecule has 1 rings (SSSR count). The van der Waals surface area contributed by atoms with Crippen molar-refractivity contribution in [3.63, 3.8) is 0 Å². The summed E-state index contributed by atoms with van der Waals surface area (Å²) in [7, 11) is 0. The molecule has 0 heterocycles. The molecule has 5 heteroatoms. The van der Waals surface area contributed by atoms with Crippen molar-refractivity contribution in [2.45, 2.75) is 46.0 Å². The summed E-state index contributed by atoms with van der Waals surface area (Å²) >= 11 is 0. The van der Waals surface area contributed by atoms with E-state index in [1.165, 1.54) is 0 Å². The van der Waals surface area contributed by atoms with Gasteiger partial charge in [-0.1, -0.05) is 13.3 Å². The summed E-state index contributed by atoms with van der Waals surface area (Å²) in [4.78, 5) is 23.0. The second-order valence-corrected chi connectivity index (χ2v) is 4.46. The molecule has 100 valence electrons. The van der Waals surface area contributed by atoms with E-state index in [9.17, 15) is 14.7 Å². The lowest BCUT2D eigenvalue weighted by Gasteiger charge is -2.34. The maximum absolute atomic E-state index is 11.8. The van der Waals surface area contributed by atoms with Crippen LogP contribution in [0.4, 0.5) is 0 Å². The topological polar surface area (TPSA) is 63.6 Å². The number of aliphatic carboxylic acids is 1. The van der Waals surface area contributed by atoms with Gasteiger partial charge in [0.2, 0.25) is 0 Å². The van der Waals surface area contributed by atoms with Crippen molar-refractivity contribution >= 4 is 24.3 Å². The van der Waals surface area contributed by atoms with E-state index in [0.717, 1.165) is 19.3 Å². The molecule has 17 heavy (non-hydrogen) atoms. The highest BCUT2D eigenvalue weighted by Gasteiger charge is 2.49. The van der Waals surface area contributed by atoms with Crippen LogP contribution in [-0.2, 0) is 14.3 Å². The van der Waals surface area contributed by atoms with Crippen LogP contribution in [-0.4, -0.2) is 23.7 Å². The molecule has 0 aromatic rings. The molecule has 1 saturated carbocycles. The molecule has 1 aliphatic rings. The van der Waals surface area contributed by atoms with E-state index in [2.05, 4.69) is 6.92 Å². The van der Waals surface area contributed by atoms with E-state index in [4.69, 9.17) is 4.74 Å². The molecule has 1 N–H and O–H groups in total. The number of hydrogen-bond donors (Lipinski definition) is 1. The fourth-order valence-corrected chi connectivity index (χ4v) is 2.35. The zero-order valence-electron chi connectivity index (χ0n) is 10.4. The zero-order valence-corrected chi connectivity index (χ0v) is 11.2. The maximum Gasteiger partial charge on any atom is 0.323 e. The van der Waals surface area contributed by atoms with Crippen molar-refractivity contribution in [3.8, 4) is 0 Å². The number of carbonyl (C=O) groups is 2. The Hall–Kier alpha value is -0.770. The van der Waals surface area contributed by atoms with E-state index in [1.807, 2.05) is 0 Å². The smallest absolute Gasteiger partial charge is 0.323 e. The maximum atomic E-state index is 11.8. The van der Waals surface area contributed by atoms with Crippen LogP contribution in [0.1, 0.15) is 46.0 Å². The highest BCUT2D eigenvalue weighted by Crippen LogP contribution is 2.41. The Bertz CT molecular complexity index is 270. The van der Waals surface area contributed by atoms with Crippen LogP contribution < -0.4 is 0 Å². The average Bonchev–Trinajstić information content (AvgIpc) is 2.29. The molecule has 0 saturated heterocycles. The Kier molecular flexibility index (Phi) is 6.53. The molecule has 0 aliphatic heterocycles. The average molecular weight is 265 g/mol. The SMILES string of the molecule is CCOC(=O)C1(C(=O)O)CCC(CC)CC1.Cl. The summed E-state index contributed by atoms with van der Waals surface area (Å²) in [5.74, 6) is -1.03. The van der Waals surface area contributed by atoms with E-state index in [-0.39, 0.29) is 19.0 Å². The summed E-state index contributed by atoms with van der Waals surface area (Å²) in [6.45, 7) is 4.04. The molecule has 0 spiro atoms. The zero-order chi connectivity index (χ0) is 12.2. The summed E-state index contributed by atoms with van der Waals surface area (Å²) in [6.07, 6.45) is 3.50. The van der Waals surface area contributed by atoms with Crippen LogP contribution in [0.5, 0.6) is 0 Å². The molecule has 0 unspecified atom stereocenters. The Morgan fingerprint density at radius 3 is 2.18 bits per heavy atom. The first-order chi connectivity index (χ1) is 7.56. The predicted octanol–water partition coefficient (Wildman–Crippen LogP) is 2.64. The fourth-order valence-electron chi connectivity index (χ4n) is 2.35. The standard InChI is InChI=1S/C12H20O4.ClH/c1-3-9-5-7-12(8-6-9,10(13)14)11(15)16-4-2;/h9H,3-8H2,1-2H3,(H,13,14);1H. The number of carboxylic acid groups (broad SMARTS) is 1. The van der Waals surface area contributed by atoms with Crippen LogP contribution in [0.3, 0.4) is 0 Å². The number of ether oxygens (including phenoxy) is 1. The largest absolute Gasteiger partial charge is 0.480 e. The first kappa shape index (κ1) is 16.2. The number of hydrogen-bond acceptors (Lipinski definition) is 3. The van der Waals surface area contributed by atoms with Crippen LogP contribution in [0, 0.1) is 11.3 Å². The first-order valence-corrected chi connectivity index (χ1v) is 5.97. The molecule has 1 aliphatic carbocycles. The fraction of sp³-hybridized carbons (Fsp3) is 0.833. The van der Waals surface area contributed by atoms with Crippen molar-refractivity contribution in [2.24, 2.45) is 11.3 Å². The van der Waals surface area contributed by atoms with E-state index >= 15 is 0 Å². The Labute approximate surface area is 108 Å². The molecule has 4 nitrogen and oxygen atoms in total. The number of halogens is 1. The molecule has 1 fully saturated rings. The van der Waals surface area contributed by atoms with Crippen molar-refractivity contribution in [2.75, 3.05) is 6.61 Å². The summed E-state index contributed by atoms with van der Waals surface area (Å²) in [5, 5.41) is 9.24. The van der Waals surface area contributed by atoms with Crippen molar-refractivity contribution < 1.29 is 19.4 Å². The van der Waals surface area contributed by atoms with Gasteiger partial charge < -0.3 is 9.84 Å². The Morgan fingerprint density at radius 1 is 1.29 bits per heavy atom. The van der Waals surface area contributed by atoms with Gasteiger partial charge in [-0.25, -0.2) is 0 Å². The van der Waals surface area contributed by atoms with Crippen LogP contribution >= 0.6 is 12.4 Å². The van der Waals surface area contributed by atoms with Gasteiger partial charge in [0, 0.05) is 0 Å². The van der Waals surface area contributed by atoms with Crippen molar-refractivity contribution in [1.29, 1.82) is 0 Å². The van der Waals surface area contributed by atoms with Crippen molar-refractivity contribution in [1.82, 2.24) is 0 Å². The quantitative estimate of drug-likeness (QED) is 0.626. The minimum absolute atomic E-state index is 0. The van der Waals surface area contributed by atoms with Crippen LogP contribution in [0.2, 0.25) is 0 Å². The monoisotopic (exact) mass is 264 g/mol. The Morgan fingerprint density at radius 2 is 1.82 bits per heavy atom. The molecule has 0 aromatic heterocycles. The molecule has 0 amide bonds. The van der Waals surface area contributed by atoms with Crippen molar-refractivity contribution in [3.05, 3.63) is 0 Å². The van der Waals surface area contributed by atoms with E-state index < -0.39 is 17.4 Å². The normalized spacial score (nSPS) is 28.0.